The van der Waals surface area contributed by atoms with Gasteiger partial charge in [-0.1, -0.05) is 13.8 Å². The molecule has 0 bridgehead atoms. The highest BCUT2D eigenvalue weighted by atomic mass is 32.2. The number of piperidine rings is 1. The molecule has 1 unspecified atom stereocenters. The fourth-order valence-electron chi connectivity index (χ4n) is 3.93. The van der Waals surface area contributed by atoms with Gasteiger partial charge in [0.05, 0.1) is 11.7 Å². The van der Waals surface area contributed by atoms with Gasteiger partial charge in [0.1, 0.15) is 17.7 Å². The molecular formula is C22H29FN2O5S2. The number of nitrogens with one attached hydrogen (secondary N) is 1. The summed E-state index contributed by atoms with van der Waals surface area (Å²) in [6.45, 7) is 4.34. The summed E-state index contributed by atoms with van der Waals surface area (Å²) >= 11 is 1.51. The summed E-state index contributed by atoms with van der Waals surface area (Å²) < 4.78 is 47.1. The Labute approximate surface area is 192 Å². The number of thiophene rings is 1. The minimum absolute atomic E-state index is 0.111. The van der Waals surface area contributed by atoms with Gasteiger partial charge in [0.25, 0.3) is 0 Å². The molecule has 1 aromatic carbocycles. The molecule has 0 spiro atoms. The van der Waals surface area contributed by atoms with Crippen LogP contribution in [0.1, 0.15) is 33.1 Å². The Morgan fingerprint density at radius 1 is 1.31 bits per heavy atom. The topological polar surface area (TPSA) is 95.9 Å². The summed E-state index contributed by atoms with van der Waals surface area (Å²) in [5.41, 5.74) is 3.13. The summed E-state index contributed by atoms with van der Waals surface area (Å²) in [6.07, 6.45) is 1.14. The maximum Gasteiger partial charge on any atom is 0.247 e. The minimum atomic E-state index is -3.67. The molecule has 1 saturated heterocycles. The quantitative estimate of drug-likeness (QED) is 0.416. The molecule has 2 N–H and O–H groups in total. The van der Waals surface area contributed by atoms with E-state index in [4.69, 9.17) is 9.94 Å². The average Bonchev–Trinajstić information content (AvgIpc) is 3.28. The lowest BCUT2D eigenvalue weighted by atomic mass is 9.98. The average molecular weight is 485 g/mol. The Morgan fingerprint density at radius 2 is 2.03 bits per heavy atom. The van der Waals surface area contributed by atoms with Crippen molar-refractivity contribution in [1.29, 1.82) is 0 Å². The van der Waals surface area contributed by atoms with Gasteiger partial charge in [-0.25, -0.2) is 22.6 Å². The van der Waals surface area contributed by atoms with Gasteiger partial charge in [-0.05, 0) is 65.8 Å². The van der Waals surface area contributed by atoms with Crippen LogP contribution >= 0.6 is 11.3 Å². The Kier molecular flexibility index (Phi) is 8.26. The van der Waals surface area contributed by atoms with Gasteiger partial charge < -0.3 is 4.74 Å². The predicted octanol–water partition coefficient (Wildman–Crippen LogP) is 3.89. The lowest BCUT2D eigenvalue weighted by molar-refractivity contribution is -0.133. The first-order valence-electron chi connectivity index (χ1n) is 10.6. The van der Waals surface area contributed by atoms with Gasteiger partial charge in [0.2, 0.25) is 15.9 Å². The Hall–Kier alpha value is -2.01. The molecule has 1 atom stereocenters. The van der Waals surface area contributed by atoms with E-state index in [0.29, 0.717) is 30.6 Å². The van der Waals surface area contributed by atoms with E-state index in [2.05, 4.69) is 0 Å². The maximum atomic E-state index is 13.8. The molecule has 2 aromatic rings. The number of rotatable bonds is 9. The molecule has 176 valence electrons. The van der Waals surface area contributed by atoms with Crippen LogP contribution in [0.4, 0.5) is 4.39 Å². The molecule has 1 aromatic heterocycles. The van der Waals surface area contributed by atoms with Crippen LogP contribution in [0.15, 0.2) is 35.0 Å². The number of nitrogens with zero attached hydrogens (tertiary/aromatic N) is 1. The third-order valence-electron chi connectivity index (χ3n) is 5.51. The van der Waals surface area contributed by atoms with Crippen LogP contribution in [0.2, 0.25) is 0 Å². The second kappa shape index (κ2) is 10.7. The molecule has 0 aliphatic carbocycles. The zero-order valence-corrected chi connectivity index (χ0v) is 19.8. The number of ether oxygens (including phenoxy) is 1. The Morgan fingerprint density at radius 3 is 2.62 bits per heavy atom. The van der Waals surface area contributed by atoms with Crippen LogP contribution in [0, 0.1) is 17.7 Å². The molecule has 3 rings (SSSR count). The molecule has 2 heterocycles. The second-order valence-electron chi connectivity index (χ2n) is 8.45. The van der Waals surface area contributed by atoms with E-state index in [-0.39, 0.29) is 36.7 Å². The summed E-state index contributed by atoms with van der Waals surface area (Å²) in [6, 6.07) is 6.30. The smallest absolute Gasteiger partial charge is 0.247 e. The van der Waals surface area contributed by atoms with Crippen molar-refractivity contribution < 1.29 is 27.5 Å². The number of hydrogen-bond donors (Lipinski definition) is 2. The maximum absolute atomic E-state index is 13.8. The van der Waals surface area contributed by atoms with E-state index >= 15 is 0 Å². The van der Waals surface area contributed by atoms with Crippen molar-refractivity contribution in [2.24, 2.45) is 11.8 Å². The van der Waals surface area contributed by atoms with E-state index in [0.717, 1.165) is 5.56 Å². The van der Waals surface area contributed by atoms with Crippen LogP contribution in [0.5, 0.6) is 5.75 Å². The number of benzene rings is 1. The first kappa shape index (κ1) is 24.6. The van der Waals surface area contributed by atoms with Crippen molar-refractivity contribution >= 4 is 27.3 Å². The molecule has 10 heteroatoms. The Bertz CT molecular complexity index is 1000. The molecule has 0 radical (unpaired) electrons. The standard InChI is InChI=1S/C22H29FN2O5S2/c1-15(2)11-17(22(26)24-27)14-32(28,29)25-8-5-19(6-9-25)30-21-4-3-18(23)12-20(21)16-7-10-31-13-16/h3-4,7,10,12-13,15,17,19,27H,5-6,8-9,11,14H2,1-2H3,(H,24,26). The second-order valence-corrected chi connectivity index (χ2v) is 11.2. The van der Waals surface area contributed by atoms with E-state index in [9.17, 15) is 17.6 Å². The summed E-state index contributed by atoms with van der Waals surface area (Å²) in [4.78, 5) is 11.9. The number of amides is 1. The van der Waals surface area contributed by atoms with Crippen LogP contribution < -0.4 is 10.2 Å². The number of sulfonamides is 1. The zero-order chi connectivity index (χ0) is 23.3. The SMILES string of the molecule is CC(C)CC(CS(=O)(=O)N1CCC(Oc2ccc(F)cc2-c2ccsc2)CC1)C(=O)NO. The van der Waals surface area contributed by atoms with E-state index < -0.39 is 21.8 Å². The summed E-state index contributed by atoms with van der Waals surface area (Å²) in [7, 11) is -3.67. The molecule has 1 fully saturated rings. The predicted molar refractivity (Wildman–Crippen MR) is 122 cm³/mol. The van der Waals surface area contributed by atoms with Crippen molar-refractivity contribution in [3.8, 4) is 16.9 Å². The molecule has 1 aliphatic rings. The van der Waals surface area contributed by atoms with Crippen molar-refractivity contribution in [2.75, 3.05) is 18.8 Å². The number of hydroxylamine groups is 1. The van der Waals surface area contributed by atoms with Crippen LogP contribution in [0.3, 0.4) is 0 Å². The normalized spacial score (nSPS) is 16.8. The third kappa shape index (κ3) is 6.28. The molecule has 7 nitrogen and oxygen atoms in total. The van der Waals surface area contributed by atoms with Crippen LogP contribution in [0.25, 0.3) is 11.1 Å². The zero-order valence-electron chi connectivity index (χ0n) is 18.2. The van der Waals surface area contributed by atoms with Crippen molar-refractivity contribution in [1.82, 2.24) is 9.79 Å². The van der Waals surface area contributed by atoms with Crippen LogP contribution in [-0.2, 0) is 14.8 Å². The summed E-state index contributed by atoms with van der Waals surface area (Å²) in [5.74, 6) is -1.50. The largest absolute Gasteiger partial charge is 0.490 e. The monoisotopic (exact) mass is 484 g/mol. The highest BCUT2D eigenvalue weighted by molar-refractivity contribution is 7.89. The lowest BCUT2D eigenvalue weighted by Crippen LogP contribution is -2.45. The van der Waals surface area contributed by atoms with Crippen molar-refractivity contribution in [2.45, 2.75) is 39.2 Å². The number of carbonyl (C=O) groups excluding carboxylic acids is 1. The van der Waals surface area contributed by atoms with E-state index in [1.165, 1.54) is 27.8 Å². The molecule has 32 heavy (non-hydrogen) atoms. The highest BCUT2D eigenvalue weighted by Gasteiger charge is 2.33. The van der Waals surface area contributed by atoms with E-state index in [1.807, 2.05) is 30.7 Å². The first-order valence-corrected chi connectivity index (χ1v) is 13.2. The van der Waals surface area contributed by atoms with Gasteiger partial charge in [0.15, 0.2) is 0 Å². The number of halogens is 1. The number of hydrogen-bond acceptors (Lipinski definition) is 6. The lowest BCUT2D eigenvalue weighted by Gasteiger charge is -2.32. The van der Waals surface area contributed by atoms with Gasteiger partial charge in [-0.2, -0.15) is 11.3 Å². The van der Waals surface area contributed by atoms with Crippen LogP contribution in [-0.4, -0.2) is 48.8 Å². The fourth-order valence-corrected chi connectivity index (χ4v) is 6.36. The van der Waals surface area contributed by atoms with E-state index in [1.54, 1.807) is 11.5 Å². The minimum Gasteiger partial charge on any atom is -0.490 e. The third-order valence-corrected chi connectivity index (χ3v) is 8.17. The Balaban J connectivity index is 1.63. The number of carbonyl (C=O) groups is 1. The van der Waals surface area contributed by atoms with Gasteiger partial charge >= 0.3 is 0 Å². The molecule has 0 saturated carbocycles. The van der Waals surface area contributed by atoms with Crippen molar-refractivity contribution in [3.05, 3.63) is 40.8 Å². The fraction of sp³-hybridized carbons (Fsp3) is 0.500. The first-order chi connectivity index (χ1) is 15.2. The van der Waals surface area contributed by atoms with Gasteiger partial charge in [-0.3, -0.25) is 10.0 Å². The summed E-state index contributed by atoms with van der Waals surface area (Å²) in [5, 5.41) is 12.8. The molecular weight excluding hydrogens is 455 g/mol. The van der Waals surface area contributed by atoms with Crippen molar-refractivity contribution in [3.63, 3.8) is 0 Å². The molecule has 1 amide bonds. The van der Waals surface area contributed by atoms with Gasteiger partial charge in [0, 0.05) is 18.7 Å². The van der Waals surface area contributed by atoms with Gasteiger partial charge in [-0.15, -0.1) is 0 Å². The molecule has 1 aliphatic heterocycles. The highest BCUT2D eigenvalue weighted by Crippen LogP contribution is 2.34.